The highest BCUT2D eigenvalue weighted by Crippen LogP contribution is 2.48. The van der Waals surface area contributed by atoms with Crippen LogP contribution in [0, 0.1) is 17.8 Å². The van der Waals surface area contributed by atoms with Gasteiger partial charge in [-0.05, 0) is 59.2 Å². The largest absolute Gasteiger partial charge is 0.310 e. The highest BCUT2D eigenvalue weighted by Gasteiger charge is 2.43. The van der Waals surface area contributed by atoms with Crippen LogP contribution >= 0.6 is 15.9 Å². The van der Waals surface area contributed by atoms with E-state index in [1.807, 2.05) is 12.1 Å². The molecule has 3 nitrogen and oxygen atoms in total. The van der Waals surface area contributed by atoms with E-state index in [0.29, 0.717) is 11.7 Å². The van der Waals surface area contributed by atoms with Gasteiger partial charge in [0.15, 0.2) is 0 Å². The maximum Gasteiger partial charge on any atom is 0.228 e. The van der Waals surface area contributed by atoms with Crippen LogP contribution in [0.3, 0.4) is 0 Å². The number of anilines is 1. The summed E-state index contributed by atoms with van der Waals surface area (Å²) in [6, 6.07) is 3.74. The topological polar surface area (TPSA) is 42.0 Å². The number of amides is 1. The zero-order valence-electron chi connectivity index (χ0n) is 9.53. The van der Waals surface area contributed by atoms with Gasteiger partial charge in [0.1, 0.15) is 5.82 Å². The molecule has 3 rings (SSSR count). The number of carbonyl (C=O) groups excluding carboxylic acids is 1. The Balaban J connectivity index is 1.70. The van der Waals surface area contributed by atoms with Crippen LogP contribution in [0.5, 0.6) is 0 Å². The zero-order chi connectivity index (χ0) is 11.8. The third kappa shape index (κ3) is 2.10. The Bertz CT molecular complexity index is 449. The summed E-state index contributed by atoms with van der Waals surface area (Å²) in [5, 5.41) is 2.94. The summed E-state index contributed by atoms with van der Waals surface area (Å²) in [4.78, 5) is 16.4. The number of fused-ring (bicyclic) bond motifs is 2. The van der Waals surface area contributed by atoms with Gasteiger partial charge in [0, 0.05) is 12.1 Å². The molecule has 4 heteroatoms. The zero-order valence-corrected chi connectivity index (χ0v) is 11.1. The predicted molar refractivity (Wildman–Crippen MR) is 69.5 cm³/mol. The number of halogens is 1. The molecule has 2 aliphatic carbocycles. The molecule has 1 aromatic heterocycles. The Morgan fingerprint density at radius 2 is 2.29 bits per heavy atom. The van der Waals surface area contributed by atoms with Gasteiger partial charge < -0.3 is 5.32 Å². The number of nitrogens with one attached hydrogen (secondary N) is 1. The van der Waals surface area contributed by atoms with Gasteiger partial charge in [-0.3, -0.25) is 4.79 Å². The van der Waals surface area contributed by atoms with Gasteiger partial charge in [0.25, 0.3) is 0 Å². The Hall–Kier alpha value is -0.900. The maximum absolute atomic E-state index is 12.2. The van der Waals surface area contributed by atoms with Crippen LogP contribution in [0.15, 0.2) is 22.8 Å². The fourth-order valence-electron chi connectivity index (χ4n) is 3.25. The maximum atomic E-state index is 12.2. The van der Waals surface area contributed by atoms with E-state index in [4.69, 9.17) is 0 Å². The molecule has 1 amide bonds. The first kappa shape index (κ1) is 11.2. The Kier molecular flexibility index (Phi) is 2.90. The van der Waals surface area contributed by atoms with E-state index in [1.54, 1.807) is 6.20 Å². The molecule has 0 aliphatic heterocycles. The highest BCUT2D eigenvalue weighted by atomic mass is 79.9. The molecule has 2 saturated carbocycles. The summed E-state index contributed by atoms with van der Waals surface area (Å²) in [7, 11) is 0. The van der Waals surface area contributed by atoms with Gasteiger partial charge in [-0.2, -0.15) is 0 Å². The fourth-order valence-corrected chi connectivity index (χ4v) is 3.61. The summed E-state index contributed by atoms with van der Waals surface area (Å²) in [6.45, 7) is 0. The number of aromatic nitrogens is 1. The van der Waals surface area contributed by atoms with E-state index in [0.717, 1.165) is 16.8 Å². The second-order valence-electron chi connectivity index (χ2n) is 5.10. The van der Waals surface area contributed by atoms with Crippen LogP contribution in [-0.2, 0) is 4.79 Å². The van der Waals surface area contributed by atoms with E-state index in [1.165, 1.54) is 19.3 Å². The second-order valence-corrected chi connectivity index (χ2v) is 5.96. The molecular formula is C13H15BrN2O. The van der Waals surface area contributed by atoms with Gasteiger partial charge in [-0.25, -0.2) is 4.98 Å². The van der Waals surface area contributed by atoms with E-state index in [9.17, 15) is 4.79 Å². The molecule has 2 aliphatic rings. The molecular weight excluding hydrogens is 280 g/mol. The molecule has 2 bridgehead atoms. The molecule has 2 fully saturated rings. The minimum Gasteiger partial charge on any atom is -0.310 e. The first-order valence-electron chi connectivity index (χ1n) is 6.15. The number of hydrogen-bond donors (Lipinski definition) is 1. The summed E-state index contributed by atoms with van der Waals surface area (Å²) in [6.07, 6.45) is 6.57. The third-order valence-electron chi connectivity index (χ3n) is 4.07. The van der Waals surface area contributed by atoms with Crippen LogP contribution in [0.4, 0.5) is 5.82 Å². The molecule has 1 N–H and O–H groups in total. The first-order valence-corrected chi connectivity index (χ1v) is 6.94. The van der Waals surface area contributed by atoms with Crippen LogP contribution in [-0.4, -0.2) is 10.9 Å². The summed E-state index contributed by atoms with van der Waals surface area (Å²) in [5.41, 5.74) is 0. The Morgan fingerprint density at radius 1 is 1.41 bits per heavy atom. The minimum absolute atomic E-state index is 0.150. The van der Waals surface area contributed by atoms with Crippen molar-refractivity contribution < 1.29 is 4.79 Å². The monoisotopic (exact) mass is 294 g/mol. The smallest absolute Gasteiger partial charge is 0.228 e. The van der Waals surface area contributed by atoms with Crippen LogP contribution in [0.2, 0.25) is 0 Å². The second kappa shape index (κ2) is 4.41. The fraction of sp³-hybridized carbons (Fsp3) is 0.538. The lowest BCUT2D eigenvalue weighted by Crippen LogP contribution is -2.27. The van der Waals surface area contributed by atoms with Gasteiger partial charge in [0.05, 0.1) is 4.47 Å². The number of hydrogen-bond acceptors (Lipinski definition) is 2. The van der Waals surface area contributed by atoms with Crippen LogP contribution in [0.25, 0.3) is 0 Å². The molecule has 1 aromatic rings. The van der Waals surface area contributed by atoms with Crippen molar-refractivity contribution in [2.75, 3.05) is 5.32 Å². The number of rotatable bonds is 2. The van der Waals surface area contributed by atoms with Gasteiger partial charge >= 0.3 is 0 Å². The summed E-state index contributed by atoms with van der Waals surface area (Å²) in [5.74, 6) is 2.41. The molecule has 0 saturated heterocycles. The third-order valence-corrected chi connectivity index (χ3v) is 4.71. The van der Waals surface area contributed by atoms with Crippen LogP contribution < -0.4 is 5.32 Å². The minimum atomic E-state index is 0.150. The molecule has 1 heterocycles. The number of carbonyl (C=O) groups is 1. The number of pyridine rings is 1. The van der Waals surface area contributed by atoms with Crippen molar-refractivity contribution in [3.05, 3.63) is 22.8 Å². The molecule has 3 atom stereocenters. The van der Waals surface area contributed by atoms with E-state index < -0.39 is 0 Å². The van der Waals surface area contributed by atoms with E-state index in [2.05, 4.69) is 26.2 Å². The number of nitrogens with zero attached hydrogens (tertiary/aromatic N) is 1. The van der Waals surface area contributed by atoms with Crippen LogP contribution in [0.1, 0.15) is 25.7 Å². The van der Waals surface area contributed by atoms with Gasteiger partial charge in [-0.1, -0.05) is 6.42 Å². The van der Waals surface area contributed by atoms with Crippen molar-refractivity contribution in [3.63, 3.8) is 0 Å². The Morgan fingerprint density at radius 3 is 2.94 bits per heavy atom. The normalized spacial score (nSPS) is 30.5. The van der Waals surface area contributed by atoms with Gasteiger partial charge in [-0.15, -0.1) is 0 Å². The molecule has 0 radical (unpaired) electrons. The standard InChI is InChI=1S/C13H15BrN2O/c14-11-2-1-5-15-12(11)16-13(17)10-7-8-3-4-9(10)6-8/h1-2,5,8-10H,3-4,6-7H2,(H,15,16,17). The molecule has 90 valence electrons. The van der Waals surface area contributed by atoms with E-state index in [-0.39, 0.29) is 11.8 Å². The quantitative estimate of drug-likeness (QED) is 0.910. The predicted octanol–water partition coefficient (Wildman–Crippen LogP) is 3.22. The lowest BCUT2D eigenvalue weighted by molar-refractivity contribution is -0.121. The first-order chi connectivity index (χ1) is 8.24. The van der Waals surface area contributed by atoms with Crippen molar-refractivity contribution in [2.24, 2.45) is 17.8 Å². The van der Waals surface area contributed by atoms with Crippen molar-refractivity contribution >= 4 is 27.7 Å². The molecule has 3 unspecified atom stereocenters. The average molecular weight is 295 g/mol. The average Bonchev–Trinajstić information content (AvgIpc) is 2.94. The Labute approximate surface area is 109 Å². The lowest BCUT2D eigenvalue weighted by Gasteiger charge is -2.20. The molecule has 0 aromatic carbocycles. The van der Waals surface area contributed by atoms with Crippen molar-refractivity contribution in [3.8, 4) is 0 Å². The summed E-state index contributed by atoms with van der Waals surface area (Å²) < 4.78 is 0.844. The van der Waals surface area contributed by atoms with Crippen molar-refractivity contribution in [1.82, 2.24) is 4.98 Å². The van der Waals surface area contributed by atoms with Gasteiger partial charge in [0.2, 0.25) is 5.91 Å². The summed E-state index contributed by atoms with van der Waals surface area (Å²) >= 11 is 3.40. The SMILES string of the molecule is O=C(Nc1ncccc1Br)C1CC2CCC1C2. The highest BCUT2D eigenvalue weighted by molar-refractivity contribution is 9.10. The van der Waals surface area contributed by atoms with E-state index >= 15 is 0 Å². The van der Waals surface area contributed by atoms with Crippen molar-refractivity contribution in [2.45, 2.75) is 25.7 Å². The molecule has 0 spiro atoms. The van der Waals surface area contributed by atoms with Crippen molar-refractivity contribution in [1.29, 1.82) is 0 Å². The lowest BCUT2D eigenvalue weighted by atomic mass is 9.88. The molecule has 17 heavy (non-hydrogen) atoms.